The molecule has 0 atom stereocenters. The van der Waals surface area contributed by atoms with Crippen LogP contribution in [0, 0.1) is 10.1 Å². The van der Waals surface area contributed by atoms with Crippen molar-refractivity contribution in [3.63, 3.8) is 0 Å². The molecule has 118 valence electrons. The Labute approximate surface area is 133 Å². The van der Waals surface area contributed by atoms with Crippen LogP contribution in [0.1, 0.15) is 18.4 Å². The summed E-state index contributed by atoms with van der Waals surface area (Å²) in [6.07, 6.45) is 2.88. The zero-order valence-corrected chi connectivity index (χ0v) is 14.4. The monoisotopic (exact) mass is 331 g/mol. The van der Waals surface area contributed by atoms with Crippen molar-refractivity contribution in [2.75, 3.05) is 26.9 Å². The van der Waals surface area contributed by atoms with Crippen LogP contribution in [0.25, 0.3) is 0 Å². The molecular formula is C13H21N3O3S2. The lowest BCUT2D eigenvalue weighted by molar-refractivity contribution is -0.403. The Kier molecular flexibility index (Phi) is 7.69. The standard InChI is InChI=1S/C13H21N3O3S2/c1-5-15(13(20-4)9-16(17)18)21-10-12-7-6-11(19-12)8-14(2)3/h6-7,9H,5,8,10H2,1-4H3/b13-9-. The number of rotatable bonds is 9. The Morgan fingerprint density at radius 3 is 2.62 bits per heavy atom. The van der Waals surface area contributed by atoms with E-state index in [4.69, 9.17) is 4.42 Å². The summed E-state index contributed by atoms with van der Waals surface area (Å²) >= 11 is 2.88. The van der Waals surface area contributed by atoms with Crippen LogP contribution in [-0.2, 0) is 12.3 Å². The number of nitro groups is 1. The van der Waals surface area contributed by atoms with E-state index >= 15 is 0 Å². The second kappa shape index (κ2) is 9.01. The van der Waals surface area contributed by atoms with E-state index in [2.05, 4.69) is 0 Å². The predicted molar refractivity (Wildman–Crippen MR) is 88.4 cm³/mol. The van der Waals surface area contributed by atoms with Crippen molar-refractivity contribution < 1.29 is 9.34 Å². The highest BCUT2D eigenvalue weighted by molar-refractivity contribution is 8.04. The fraction of sp³-hybridized carbons (Fsp3) is 0.538. The van der Waals surface area contributed by atoms with E-state index in [1.54, 1.807) is 0 Å². The highest BCUT2D eigenvalue weighted by Gasteiger charge is 2.13. The zero-order chi connectivity index (χ0) is 15.8. The molecule has 0 fully saturated rings. The third kappa shape index (κ3) is 6.45. The average Bonchev–Trinajstić information content (AvgIpc) is 2.84. The first-order valence-electron chi connectivity index (χ1n) is 6.48. The minimum Gasteiger partial charge on any atom is -0.464 e. The van der Waals surface area contributed by atoms with Gasteiger partial charge in [0.1, 0.15) is 11.5 Å². The van der Waals surface area contributed by atoms with Crippen molar-refractivity contribution in [3.05, 3.63) is 45.0 Å². The summed E-state index contributed by atoms with van der Waals surface area (Å²) in [6, 6.07) is 3.92. The van der Waals surface area contributed by atoms with Gasteiger partial charge in [0.25, 0.3) is 6.20 Å². The van der Waals surface area contributed by atoms with Gasteiger partial charge >= 0.3 is 0 Å². The topological polar surface area (TPSA) is 62.8 Å². The molecule has 21 heavy (non-hydrogen) atoms. The van der Waals surface area contributed by atoms with E-state index in [-0.39, 0.29) is 0 Å². The molecule has 1 rings (SSSR count). The van der Waals surface area contributed by atoms with Gasteiger partial charge < -0.3 is 13.6 Å². The molecule has 0 aliphatic carbocycles. The summed E-state index contributed by atoms with van der Waals surface area (Å²) in [6.45, 7) is 3.42. The molecule has 0 aliphatic rings. The van der Waals surface area contributed by atoms with Crippen molar-refractivity contribution in [3.8, 4) is 0 Å². The van der Waals surface area contributed by atoms with Crippen molar-refractivity contribution in [1.82, 2.24) is 9.21 Å². The smallest absolute Gasteiger partial charge is 0.265 e. The van der Waals surface area contributed by atoms with Crippen LogP contribution in [0.3, 0.4) is 0 Å². The maximum absolute atomic E-state index is 10.6. The molecular weight excluding hydrogens is 310 g/mol. The molecule has 0 N–H and O–H groups in total. The van der Waals surface area contributed by atoms with E-state index in [1.807, 2.05) is 48.6 Å². The van der Waals surface area contributed by atoms with Crippen LogP contribution in [-0.4, -0.2) is 41.0 Å². The Morgan fingerprint density at radius 1 is 1.43 bits per heavy atom. The van der Waals surface area contributed by atoms with Crippen molar-refractivity contribution in [2.45, 2.75) is 19.2 Å². The van der Waals surface area contributed by atoms with Crippen LogP contribution in [0.15, 0.2) is 27.8 Å². The van der Waals surface area contributed by atoms with Gasteiger partial charge in [0.2, 0.25) is 0 Å². The second-order valence-electron chi connectivity index (χ2n) is 4.53. The van der Waals surface area contributed by atoms with E-state index in [1.165, 1.54) is 23.7 Å². The maximum atomic E-state index is 10.6. The molecule has 6 nitrogen and oxygen atoms in total. The summed E-state index contributed by atoms with van der Waals surface area (Å²) in [7, 11) is 3.98. The van der Waals surface area contributed by atoms with Crippen molar-refractivity contribution in [1.29, 1.82) is 0 Å². The largest absolute Gasteiger partial charge is 0.464 e. The first kappa shape index (κ1) is 17.9. The van der Waals surface area contributed by atoms with Gasteiger partial charge in [-0.15, -0.1) is 11.8 Å². The summed E-state index contributed by atoms with van der Waals surface area (Å²) < 4.78 is 7.64. The van der Waals surface area contributed by atoms with Gasteiger partial charge in [0.05, 0.1) is 17.2 Å². The average molecular weight is 331 g/mol. The number of thioether (sulfide) groups is 1. The molecule has 0 amide bonds. The Balaban J connectivity index is 2.62. The summed E-state index contributed by atoms with van der Waals surface area (Å²) in [5.74, 6) is 2.44. The van der Waals surface area contributed by atoms with Gasteiger partial charge in [-0.3, -0.25) is 10.1 Å². The van der Waals surface area contributed by atoms with E-state index in [9.17, 15) is 10.1 Å². The summed E-state index contributed by atoms with van der Waals surface area (Å²) in [4.78, 5) is 12.2. The van der Waals surface area contributed by atoms with E-state index in [0.29, 0.717) is 17.3 Å². The quantitative estimate of drug-likeness (QED) is 0.391. The molecule has 0 spiro atoms. The van der Waals surface area contributed by atoms with Gasteiger partial charge in [0, 0.05) is 6.54 Å². The molecule has 0 bridgehead atoms. The van der Waals surface area contributed by atoms with E-state index < -0.39 is 4.92 Å². The van der Waals surface area contributed by atoms with Gasteiger partial charge in [-0.1, -0.05) is 0 Å². The number of furan rings is 1. The number of hydrogen-bond donors (Lipinski definition) is 0. The summed E-state index contributed by atoms with van der Waals surface area (Å²) in [5.41, 5.74) is 0. The lowest BCUT2D eigenvalue weighted by Crippen LogP contribution is -2.14. The number of nitrogens with zero attached hydrogens (tertiary/aromatic N) is 3. The van der Waals surface area contributed by atoms with Gasteiger partial charge in [-0.25, -0.2) is 0 Å². The Hall–Kier alpha value is -1.12. The molecule has 0 aliphatic heterocycles. The van der Waals surface area contributed by atoms with Crippen LogP contribution in [0.4, 0.5) is 0 Å². The second-order valence-corrected chi connectivity index (χ2v) is 6.34. The summed E-state index contributed by atoms with van der Waals surface area (Å²) in [5, 5.41) is 11.3. The van der Waals surface area contributed by atoms with Gasteiger partial charge in [0.15, 0.2) is 5.03 Å². The zero-order valence-electron chi connectivity index (χ0n) is 12.7. The highest BCUT2D eigenvalue weighted by atomic mass is 32.2. The van der Waals surface area contributed by atoms with Crippen LogP contribution >= 0.6 is 23.7 Å². The molecule has 0 saturated heterocycles. The molecule has 1 heterocycles. The molecule has 0 radical (unpaired) electrons. The minimum absolute atomic E-state index is 0.420. The molecule has 1 aromatic rings. The minimum atomic E-state index is -0.420. The lowest BCUT2D eigenvalue weighted by Gasteiger charge is -2.20. The van der Waals surface area contributed by atoms with Crippen LogP contribution in [0.5, 0.6) is 0 Å². The van der Waals surface area contributed by atoms with E-state index in [0.717, 1.165) is 24.3 Å². The molecule has 0 aromatic carbocycles. The van der Waals surface area contributed by atoms with Crippen molar-refractivity contribution >= 4 is 23.7 Å². The maximum Gasteiger partial charge on any atom is 0.265 e. The third-order valence-electron chi connectivity index (χ3n) is 2.51. The van der Waals surface area contributed by atoms with Gasteiger partial charge in [-0.05, 0) is 51.4 Å². The first-order valence-corrected chi connectivity index (χ1v) is 8.65. The fourth-order valence-electron chi connectivity index (χ4n) is 1.66. The number of hydrogen-bond acceptors (Lipinski definition) is 7. The normalized spacial score (nSPS) is 12.0. The Bertz CT molecular complexity index is 489. The SMILES string of the molecule is CCN(SCc1ccc(CN(C)C)o1)/C(=C/[N+](=O)[O-])SC. The van der Waals surface area contributed by atoms with Gasteiger partial charge in [-0.2, -0.15) is 0 Å². The third-order valence-corrected chi connectivity index (χ3v) is 4.55. The van der Waals surface area contributed by atoms with Crippen LogP contribution in [0.2, 0.25) is 0 Å². The lowest BCUT2D eigenvalue weighted by atomic mass is 10.4. The molecule has 0 saturated carbocycles. The molecule has 0 unspecified atom stereocenters. The predicted octanol–water partition coefficient (Wildman–Crippen LogP) is 3.25. The van der Waals surface area contributed by atoms with Crippen molar-refractivity contribution in [2.24, 2.45) is 0 Å². The first-order chi connectivity index (χ1) is 9.96. The van der Waals surface area contributed by atoms with Crippen LogP contribution < -0.4 is 0 Å². The molecule has 1 aromatic heterocycles. The fourth-order valence-corrected chi connectivity index (χ4v) is 3.36. The highest BCUT2D eigenvalue weighted by Crippen LogP contribution is 2.28. The molecule has 8 heteroatoms. The Morgan fingerprint density at radius 2 is 2.10 bits per heavy atom.